The van der Waals surface area contributed by atoms with E-state index in [-0.39, 0.29) is 11.4 Å². The van der Waals surface area contributed by atoms with Gasteiger partial charge in [0.15, 0.2) is 0 Å². The third-order valence-electron chi connectivity index (χ3n) is 3.24. The van der Waals surface area contributed by atoms with Gasteiger partial charge in [0.05, 0.1) is 4.92 Å². The Morgan fingerprint density at radius 3 is 2.48 bits per heavy atom. The van der Waals surface area contributed by atoms with E-state index in [1.165, 1.54) is 31.2 Å². The van der Waals surface area contributed by atoms with Crippen LogP contribution in [0.5, 0.6) is 0 Å². The molecule has 0 heterocycles. The van der Waals surface area contributed by atoms with E-state index in [1.807, 2.05) is 30.3 Å². The monoisotopic (exact) mass is 339 g/mol. The van der Waals surface area contributed by atoms with E-state index < -0.39 is 16.7 Å². The van der Waals surface area contributed by atoms with Crippen molar-refractivity contribution in [1.82, 2.24) is 10.6 Å². The van der Waals surface area contributed by atoms with Crippen LogP contribution in [0.4, 0.5) is 5.69 Å². The third-order valence-corrected chi connectivity index (χ3v) is 3.24. The fourth-order valence-corrected chi connectivity index (χ4v) is 2.12. The second-order valence-electron chi connectivity index (χ2n) is 5.26. The van der Waals surface area contributed by atoms with Gasteiger partial charge in [0.1, 0.15) is 5.70 Å². The van der Waals surface area contributed by atoms with Gasteiger partial charge in [-0.15, -0.1) is 0 Å². The van der Waals surface area contributed by atoms with Crippen LogP contribution in [-0.4, -0.2) is 16.7 Å². The molecule has 0 fully saturated rings. The number of hydrogen-bond acceptors (Lipinski definition) is 4. The van der Waals surface area contributed by atoms with Gasteiger partial charge in [0.2, 0.25) is 5.91 Å². The van der Waals surface area contributed by atoms with Gasteiger partial charge in [0.25, 0.3) is 11.6 Å². The lowest BCUT2D eigenvalue weighted by atomic mass is 10.1. The van der Waals surface area contributed by atoms with E-state index in [0.717, 1.165) is 5.56 Å². The summed E-state index contributed by atoms with van der Waals surface area (Å²) >= 11 is 0. The lowest BCUT2D eigenvalue weighted by Gasteiger charge is -2.10. The predicted octanol–water partition coefficient (Wildman–Crippen LogP) is 2.39. The van der Waals surface area contributed by atoms with Crippen LogP contribution in [0.1, 0.15) is 18.1 Å². The summed E-state index contributed by atoms with van der Waals surface area (Å²) in [6.45, 7) is 1.58. The molecule has 2 aromatic carbocycles. The average Bonchev–Trinajstić information content (AvgIpc) is 2.60. The van der Waals surface area contributed by atoms with Crippen molar-refractivity contribution in [2.45, 2.75) is 13.5 Å². The molecule has 2 amide bonds. The van der Waals surface area contributed by atoms with Crippen LogP contribution in [0.3, 0.4) is 0 Å². The molecule has 0 saturated heterocycles. The van der Waals surface area contributed by atoms with Crippen molar-refractivity contribution in [1.29, 1.82) is 0 Å². The van der Waals surface area contributed by atoms with Crippen molar-refractivity contribution in [3.63, 3.8) is 0 Å². The van der Waals surface area contributed by atoms with Crippen molar-refractivity contribution in [3.05, 3.63) is 81.5 Å². The van der Waals surface area contributed by atoms with E-state index in [2.05, 4.69) is 10.6 Å². The Morgan fingerprint density at radius 2 is 1.84 bits per heavy atom. The van der Waals surface area contributed by atoms with Crippen molar-refractivity contribution < 1.29 is 14.5 Å². The highest BCUT2D eigenvalue weighted by molar-refractivity contribution is 6.00. The molecule has 2 aromatic rings. The highest BCUT2D eigenvalue weighted by atomic mass is 16.6. The molecule has 0 bridgehead atoms. The summed E-state index contributed by atoms with van der Waals surface area (Å²) in [5.41, 5.74) is 1.27. The van der Waals surface area contributed by atoms with E-state index >= 15 is 0 Å². The average molecular weight is 339 g/mol. The van der Waals surface area contributed by atoms with Gasteiger partial charge in [-0.25, -0.2) is 0 Å². The molecule has 0 radical (unpaired) electrons. The van der Waals surface area contributed by atoms with Crippen LogP contribution in [0, 0.1) is 10.1 Å². The number of nitrogens with one attached hydrogen (secondary N) is 2. The minimum absolute atomic E-state index is 0.0175. The zero-order chi connectivity index (χ0) is 18.2. The maximum Gasteiger partial charge on any atom is 0.270 e. The van der Waals surface area contributed by atoms with E-state index in [9.17, 15) is 19.7 Å². The van der Waals surface area contributed by atoms with Gasteiger partial charge in [-0.1, -0.05) is 42.5 Å². The fourth-order valence-electron chi connectivity index (χ4n) is 2.12. The number of rotatable bonds is 6. The molecule has 7 nitrogen and oxygen atoms in total. The van der Waals surface area contributed by atoms with Crippen molar-refractivity contribution in [2.75, 3.05) is 0 Å². The van der Waals surface area contributed by atoms with Crippen molar-refractivity contribution >= 4 is 23.6 Å². The molecule has 0 aliphatic carbocycles. The topological polar surface area (TPSA) is 101 Å². The van der Waals surface area contributed by atoms with E-state index in [4.69, 9.17) is 0 Å². The number of nitrogens with zero attached hydrogens (tertiary/aromatic N) is 1. The summed E-state index contributed by atoms with van der Waals surface area (Å²) in [7, 11) is 0. The molecule has 128 valence electrons. The first-order valence-corrected chi connectivity index (χ1v) is 7.51. The van der Waals surface area contributed by atoms with Gasteiger partial charge in [0, 0.05) is 25.6 Å². The molecule has 25 heavy (non-hydrogen) atoms. The highest BCUT2D eigenvalue weighted by Gasteiger charge is 2.12. The molecular formula is C18H17N3O4. The zero-order valence-electron chi connectivity index (χ0n) is 13.6. The first-order valence-electron chi connectivity index (χ1n) is 7.51. The number of nitro groups is 1. The van der Waals surface area contributed by atoms with Crippen LogP contribution < -0.4 is 10.6 Å². The maximum atomic E-state index is 12.3. The molecule has 0 aliphatic rings. The van der Waals surface area contributed by atoms with Gasteiger partial charge < -0.3 is 10.6 Å². The fraction of sp³-hybridized carbons (Fsp3) is 0.111. The summed E-state index contributed by atoms with van der Waals surface area (Å²) in [5.74, 6) is -0.892. The molecule has 0 aromatic heterocycles. The van der Waals surface area contributed by atoms with Crippen molar-refractivity contribution in [2.24, 2.45) is 0 Å². The van der Waals surface area contributed by atoms with Crippen LogP contribution in [0.15, 0.2) is 60.3 Å². The molecule has 0 saturated carbocycles. The third kappa shape index (κ3) is 5.58. The summed E-state index contributed by atoms with van der Waals surface area (Å²) in [5, 5.41) is 16.0. The molecule has 0 spiro atoms. The van der Waals surface area contributed by atoms with Gasteiger partial charge in [-0.05, 0) is 17.2 Å². The molecular weight excluding hydrogens is 322 g/mol. The standard InChI is InChI=1S/C18H17N3O4/c1-13(22)20-17(11-15-8-5-9-16(10-15)21(24)25)18(23)19-12-14-6-3-2-4-7-14/h2-11H,12H2,1H3,(H,19,23)(H,20,22)/b17-11-. The number of carbonyl (C=O) groups excluding carboxylic acids is 2. The van der Waals surface area contributed by atoms with Crippen LogP contribution in [0.25, 0.3) is 6.08 Å². The molecule has 0 atom stereocenters. The summed E-state index contributed by atoms with van der Waals surface area (Å²) in [6, 6.07) is 15.1. The van der Waals surface area contributed by atoms with Crippen LogP contribution in [-0.2, 0) is 16.1 Å². The molecule has 7 heteroatoms. The predicted molar refractivity (Wildman–Crippen MR) is 93.2 cm³/mol. The minimum atomic E-state index is -0.523. The highest BCUT2D eigenvalue weighted by Crippen LogP contribution is 2.15. The Hall–Kier alpha value is -3.48. The first-order chi connectivity index (χ1) is 12.0. The number of hydrogen-bond donors (Lipinski definition) is 2. The number of benzene rings is 2. The lowest BCUT2D eigenvalue weighted by molar-refractivity contribution is -0.384. The second-order valence-corrected chi connectivity index (χ2v) is 5.26. The van der Waals surface area contributed by atoms with Gasteiger partial charge in [-0.2, -0.15) is 0 Å². The number of carbonyl (C=O) groups is 2. The quantitative estimate of drug-likeness (QED) is 0.479. The van der Waals surface area contributed by atoms with E-state index in [1.54, 1.807) is 6.07 Å². The van der Waals surface area contributed by atoms with Gasteiger partial charge >= 0.3 is 0 Å². The van der Waals surface area contributed by atoms with Crippen LogP contribution >= 0.6 is 0 Å². The molecule has 0 aliphatic heterocycles. The lowest BCUT2D eigenvalue weighted by Crippen LogP contribution is -2.33. The van der Waals surface area contributed by atoms with Crippen LogP contribution in [0.2, 0.25) is 0 Å². The Morgan fingerprint density at radius 1 is 1.12 bits per heavy atom. The largest absolute Gasteiger partial charge is 0.347 e. The number of amides is 2. The van der Waals surface area contributed by atoms with Gasteiger partial charge in [-0.3, -0.25) is 19.7 Å². The molecule has 0 unspecified atom stereocenters. The maximum absolute atomic E-state index is 12.3. The smallest absolute Gasteiger partial charge is 0.270 e. The van der Waals surface area contributed by atoms with Crippen molar-refractivity contribution in [3.8, 4) is 0 Å². The zero-order valence-corrected chi connectivity index (χ0v) is 13.6. The Labute approximate surface area is 144 Å². The first kappa shape index (κ1) is 17.9. The minimum Gasteiger partial charge on any atom is -0.347 e. The normalized spacial score (nSPS) is 10.8. The van der Waals surface area contributed by atoms with E-state index in [0.29, 0.717) is 12.1 Å². The Balaban J connectivity index is 2.19. The molecule has 2 rings (SSSR count). The summed E-state index contributed by atoms with van der Waals surface area (Å²) in [6.07, 6.45) is 1.40. The molecule has 2 N–H and O–H groups in total. The SMILES string of the molecule is CC(=O)N/C(=C\c1cccc([N+](=O)[O-])c1)C(=O)NCc1ccccc1. The number of nitro benzene ring substituents is 1. The summed E-state index contributed by atoms with van der Waals surface area (Å²) in [4.78, 5) is 34.0. The summed E-state index contributed by atoms with van der Waals surface area (Å²) < 4.78 is 0. The Bertz CT molecular complexity index is 816. The Kier molecular flexibility index (Phi) is 6.00. The second kappa shape index (κ2) is 8.39. The number of non-ortho nitro benzene ring substituents is 1.